The molecule has 0 amide bonds. The molecule has 4 heterocycles. The van der Waals surface area contributed by atoms with Crippen molar-refractivity contribution in [3.63, 3.8) is 0 Å². The van der Waals surface area contributed by atoms with Crippen LogP contribution in [0.25, 0.3) is 0 Å². The van der Waals surface area contributed by atoms with E-state index in [1.54, 1.807) is 10.9 Å². The Morgan fingerprint density at radius 2 is 1.93 bits per heavy atom. The predicted molar refractivity (Wildman–Crippen MR) is 52.4 cm³/mol. The van der Waals surface area contributed by atoms with Gasteiger partial charge in [0.1, 0.15) is 6.33 Å². The van der Waals surface area contributed by atoms with E-state index in [0.29, 0.717) is 25.5 Å². The first-order valence-corrected chi connectivity index (χ1v) is 5.03. The van der Waals surface area contributed by atoms with Crippen molar-refractivity contribution >= 4 is 12.5 Å². The van der Waals surface area contributed by atoms with E-state index in [9.17, 15) is 0 Å². The average Bonchev–Trinajstić information content (AvgIpc) is 2.67. The van der Waals surface area contributed by atoms with Gasteiger partial charge in [0, 0.05) is 32.3 Å². The maximum Gasteiger partial charge on any atom is 0.445 e. The van der Waals surface area contributed by atoms with Crippen LogP contribution in [0.4, 0.5) is 0 Å². The lowest BCUT2D eigenvalue weighted by atomic mass is 9.70. The molecule has 82 valence electrons. The Morgan fingerprint density at radius 3 is 2.40 bits per heavy atom. The van der Waals surface area contributed by atoms with Crippen molar-refractivity contribution in [2.75, 3.05) is 19.8 Å². The third-order valence-corrected chi connectivity index (χ3v) is 3.02. The third kappa shape index (κ3) is 1.23. The molecule has 3 aliphatic rings. The van der Waals surface area contributed by atoms with Crippen LogP contribution in [-0.4, -0.2) is 41.3 Å². The topological polar surface area (TPSA) is 58.4 Å². The first-order valence-electron chi connectivity index (χ1n) is 5.03. The summed E-state index contributed by atoms with van der Waals surface area (Å²) >= 11 is 0. The Hall–Kier alpha value is -0.915. The summed E-state index contributed by atoms with van der Waals surface area (Å²) < 4.78 is 18.8. The van der Waals surface area contributed by atoms with E-state index >= 15 is 0 Å². The Bertz CT molecular complexity index is 370. The number of nitrogens with zero attached hydrogens (tertiary/aromatic N) is 3. The maximum absolute atomic E-state index is 5.69. The van der Waals surface area contributed by atoms with E-state index in [1.165, 1.54) is 0 Å². The molecule has 6 nitrogen and oxygen atoms in total. The standard InChI is InChI=1S/C8H13BN3O3/c1-8-3-13-9(14-4-8,15-5-8)7-11-10-6-12(7)2/h6H,3-5H2,1-2H3/q-1. The van der Waals surface area contributed by atoms with E-state index in [0.717, 1.165) is 0 Å². The normalized spacial score (nSPS) is 39.6. The second kappa shape index (κ2) is 2.81. The minimum atomic E-state index is -1.85. The molecule has 3 saturated heterocycles. The molecular formula is C8H13BN3O3-. The number of aromatic nitrogens is 3. The first-order chi connectivity index (χ1) is 7.14. The van der Waals surface area contributed by atoms with Crippen LogP contribution in [0.15, 0.2) is 6.33 Å². The quantitative estimate of drug-likeness (QED) is 0.559. The van der Waals surface area contributed by atoms with Crippen molar-refractivity contribution in [1.82, 2.24) is 14.8 Å². The van der Waals surface area contributed by atoms with Crippen LogP contribution in [0.3, 0.4) is 0 Å². The van der Waals surface area contributed by atoms with Gasteiger partial charge in [-0.05, 0) is 0 Å². The number of fused-ring (bicyclic) bond motifs is 3. The van der Waals surface area contributed by atoms with Crippen molar-refractivity contribution in [2.45, 2.75) is 6.92 Å². The van der Waals surface area contributed by atoms with Crippen molar-refractivity contribution < 1.29 is 14.0 Å². The lowest BCUT2D eigenvalue weighted by molar-refractivity contribution is -0.120. The van der Waals surface area contributed by atoms with E-state index in [2.05, 4.69) is 17.1 Å². The fraction of sp³-hybridized carbons (Fsp3) is 0.750. The fourth-order valence-corrected chi connectivity index (χ4v) is 2.04. The Kier molecular flexibility index (Phi) is 1.75. The van der Waals surface area contributed by atoms with Gasteiger partial charge in [0.2, 0.25) is 0 Å². The molecule has 2 bridgehead atoms. The minimum absolute atomic E-state index is 0.0118. The molecule has 1 aromatic rings. The van der Waals surface area contributed by atoms with Gasteiger partial charge in [-0.2, -0.15) is 5.10 Å². The van der Waals surface area contributed by atoms with Crippen molar-refractivity contribution in [3.8, 4) is 0 Å². The van der Waals surface area contributed by atoms with Crippen LogP contribution in [-0.2, 0) is 21.0 Å². The highest BCUT2D eigenvalue weighted by Crippen LogP contribution is 2.34. The zero-order chi connectivity index (χ0) is 10.5. The molecule has 0 N–H and O–H groups in total. The molecule has 0 atom stereocenters. The molecular weight excluding hydrogens is 197 g/mol. The molecule has 0 aliphatic carbocycles. The summed E-state index contributed by atoms with van der Waals surface area (Å²) in [5.41, 5.74) is 0.610. The molecule has 0 unspecified atom stereocenters. The summed E-state index contributed by atoms with van der Waals surface area (Å²) in [4.78, 5) is 0. The fourth-order valence-electron chi connectivity index (χ4n) is 2.04. The smallest absolute Gasteiger partial charge is 0.445 e. The van der Waals surface area contributed by atoms with Gasteiger partial charge in [-0.15, -0.1) is 5.10 Å². The number of hydrogen-bond acceptors (Lipinski definition) is 5. The van der Waals surface area contributed by atoms with Gasteiger partial charge in [0.15, 0.2) is 0 Å². The predicted octanol–water partition coefficient (Wildman–Crippen LogP) is -0.956. The molecule has 0 saturated carbocycles. The third-order valence-electron chi connectivity index (χ3n) is 3.02. The van der Waals surface area contributed by atoms with Crippen LogP contribution < -0.4 is 5.72 Å². The highest BCUT2D eigenvalue weighted by atomic mass is 16.8. The first kappa shape index (κ1) is 9.32. The number of rotatable bonds is 1. The molecule has 3 aliphatic heterocycles. The Balaban J connectivity index is 1.97. The maximum atomic E-state index is 5.69. The Morgan fingerprint density at radius 1 is 1.33 bits per heavy atom. The number of hydrogen-bond donors (Lipinski definition) is 0. The van der Waals surface area contributed by atoms with Crippen molar-refractivity contribution in [2.24, 2.45) is 12.5 Å². The van der Waals surface area contributed by atoms with E-state index in [1.807, 2.05) is 7.05 Å². The zero-order valence-corrected chi connectivity index (χ0v) is 8.84. The van der Waals surface area contributed by atoms with Gasteiger partial charge < -0.3 is 18.5 Å². The second-order valence-corrected chi connectivity index (χ2v) is 4.69. The van der Waals surface area contributed by atoms with Gasteiger partial charge in [-0.1, -0.05) is 6.92 Å². The second-order valence-electron chi connectivity index (χ2n) is 4.69. The molecule has 3 fully saturated rings. The lowest BCUT2D eigenvalue weighted by Gasteiger charge is -2.57. The summed E-state index contributed by atoms with van der Waals surface area (Å²) in [6.07, 6.45) is 1.62. The molecule has 0 radical (unpaired) electrons. The Labute approximate surface area is 87.5 Å². The highest BCUT2D eigenvalue weighted by Gasteiger charge is 2.49. The van der Waals surface area contributed by atoms with E-state index in [4.69, 9.17) is 14.0 Å². The average molecular weight is 210 g/mol. The minimum Gasteiger partial charge on any atom is -0.538 e. The zero-order valence-electron chi connectivity index (χ0n) is 8.84. The largest absolute Gasteiger partial charge is 0.538 e. The van der Waals surface area contributed by atoms with Crippen molar-refractivity contribution in [3.05, 3.63) is 6.33 Å². The van der Waals surface area contributed by atoms with Gasteiger partial charge in [-0.25, -0.2) is 0 Å². The molecule has 15 heavy (non-hydrogen) atoms. The molecule has 0 aromatic carbocycles. The summed E-state index contributed by atoms with van der Waals surface area (Å²) in [7, 11) is 1.85. The molecule has 1 aromatic heterocycles. The molecule has 0 spiro atoms. The molecule has 4 rings (SSSR count). The van der Waals surface area contributed by atoms with Crippen LogP contribution in [0, 0.1) is 5.41 Å². The van der Waals surface area contributed by atoms with E-state index < -0.39 is 6.75 Å². The SMILES string of the molecule is Cn1cnnc1[B-]12OCC(C)(CO1)CO2. The summed E-state index contributed by atoms with van der Waals surface area (Å²) in [6.45, 7) is 2.20. The van der Waals surface area contributed by atoms with Crippen LogP contribution in [0.5, 0.6) is 0 Å². The van der Waals surface area contributed by atoms with E-state index in [-0.39, 0.29) is 5.41 Å². The van der Waals surface area contributed by atoms with Gasteiger partial charge >= 0.3 is 6.75 Å². The molecule has 7 heteroatoms. The van der Waals surface area contributed by atoms with Crippen LogP contribution >= 0.6 is 0 Å². The number of aryl methyl sites for hydroxylation is 1. The van der Waals surface area contributed by atoms with Crippen LogP contribution in [0.1, 0.15) is 6.92 Å². The van der Waals surface area contributed by atoms with Gasteiger partial charge in [0.25, 0.3) is 0 Å². The van der Waals surface area contributed by atoms with Crippen LogP contribution in [0.2, 0.25) is 0 Å². The van der Waals surface area contributed by atoms with Gasteiger partial charge in [0.05, 0.1) is 5.72 Å². The summed E-state index contributed by atoms with van der Waals surface area (Å²) in [5.74, 6) is 0. The van der Waals surface area contributed by atoms with Gasteiger partial charge in [-0.3, -0.25) is 0 Å². The highest BCUT2D eigenvalue weighted by molar-refractivity contribution is 6.74. The monoisotopic (exact) mass is 210 g/mol. The summed E-state index contributed by atoms with van der Waals surface area (Å²) in [5, 5.41) is 7.81. The lowest BCUT2D eigenvalue weighted by Crippen LogP contribution is -2.70. The summed E-state index contributed by atoms with van der Waals surface area (Å²) in [6, 6.07) is 0. The van der Waals surface area contributed by atoms with Crippen molar-refractivity contribution in [1.29, 1.82) is 0 Å².